The average molecular weight is 515 g/mol. The monoisotopic (exact) mass is 514 g/mol. The third-order valence-corrected chi connectivity index (χ3v) is 7.57. The largest absolute Gasteiger partial charge is 0.457 e. The molecule has 0 saturated carbocycles. The van der Waals surface area contributed by atoms with Gasteiger partial charge >= 0.3 is 0 Å². The van der Waals surface area contributed by atoms with Crippen LogP contribution in [-0.2, 0) is 10.5 Å². The van der Waals surface area contributed by atoms with Crippen molar-refractivity contribution in [2.75, 3.05) is 5.32 Å². The number of nitrogens with one attached hydrogen (secondary N) is 1. The minimum atomic E-state index is -0.370. The zero-order chi connectivity index (χ0) is 24.5. The number of Topliss-reactive ketones (excluding diaryl/α,β-unsaturated/α-hetero) is 1. The fourth-order valence-electron chi connectivity index (χ4n) is 4.64. The van der Waals surface area contributed by atoms with Crippen LogP contribution < -0.4 is 10.1 Å². The molecule has 180 valence electrons. The number of hydrogen-bond donors (Lipinski definition) is 1. The van der Waals surface area contributed by atoms with Gasteiger partial charge in [-0.2, -0.15) is 4.98 Å². The highest BCUT2D eigenvalue weighted by molar-refractivity contribution is 7.98. The fraction of sp³-hybridized carbons (Fsp3) is 0.179. The lowest BCUT2D eigenvalue weighted by Crippen LogP contribution is -2.31. The van der Waals surface area contributed by atoms with Gasteiger partial charge in [-0.3, -0.25) is 4.79 Å². The van der Waals surface area contributed by atoms with Crippen LogP contribution in [0.25, 0.3) is 0 Å². The number of thioether (sulfide) groups is 1. The molecule has 2 heterocycles. The van der Waals surface area contributed by atoms with Crippen molar-refractivity contribution in [1.29, 1.82) is 0 Å². The van der Waals surface area contributed by atoms with Gasteiger partial charge in [0.15, 0.2) is 5.78 Å². The number of hydrogen-bond acceptors (Lipinski definition) is 6. The number of halogens is 1. The third-order valence-electron chi connectivity index (χ3n) is 6.32. The van der Waals surface area contributed by atoms with Crippen LogP contribution in [0.4, 0.5) is 5.95 Å². The highest BCUT2D eigenvalue weighted by Crippen LogP contribution is 2.41. The van der Waals surface area contributed by atoms with Gasteiger partial charge in [-0.1, -0.05) is 71.9 Å². The van der Waals surface area contributed by atoms with Gasteiger partial charge in [0.2, 0.25) is 11.1 Å². The Morgan fingerprint density at radius 3 is 2.67 bits per heavy atom. The van der Waals surface area contributed by atoms with E-state index in [4.69, 9.17) is 26.4 Å². The molecule has 1 atom stereocenters. The van der Waals surface area contributed by atoms with E-state index in [1.165, 1.54) is 11.8 Å². The maximum absolute atomic E-state index is 13.1. The number of nitrogens with zero attached hydrogens (tertiary/aromatic N) is 3. The Balaban J connectivity index is 1.35. The molecule has 0 spiro atoms. The molecule has 1 N–H and O–H groups in total. The lowest BCUT2D eigenvalue weighted by Gasteiger charge is -2.32. The van der Waals surface area contributed by atoms with Crippen LogP contribution in [0.3, 0.4) is 0 Å². The van der Waals surface area contributed by atoms with E-state index in [1.54, 1.807) is 0 Å². The minimum Gasteiger partial charge on any atom is -0.457 e. The number of fused-ring (bicyclic) bond motifs is 1. The Kier molecular flexibility index (Phi) is 6.25. The van der Waals surface area contributed by atoms with Crippen molar-refractivity contribution in [2.45, 2.75) is 36.2 Å². The zero-order valence-electron chi connectivity index (χ0n) is 19.4. The predicted molar refractivity (Wildman–Crippen MR) is 142 cm³/mol. The quantitative estimate of drug-likeness (QED) is 0.278. The van der Waals surface area contributed by atoms with Crippen molar-refractivity contribution in [1.82, 2.24) is 14.8 Å². The Hall–Kier alpha value is -3.55. The number of allylic oxidation sites excluding steroid dienone is 2. The molecule has 0 saturated heterocycles. The molecule has 0 radical (unpaired) electrons. The molecule has 0 bridgehead atoms. The van der Waals surface area contributed by atoms with Crippen molar-refractivity contribution >= 4 is 35.1 Å². The maximum Gasteiger partial charge on any atom is 0.227 e. The van der Waals surface area contributed by atoms with E-state index in [2.05, 4.69) is 5.32 Å². The number of anilines is 1. The van der Waals surface area contributed by atoms with Crippen LogP contribution in [0.2, 0.25) is 5.02 Å². The van der Waals surface area contributed by atoms with Gasteiger partial charge in [0, 0.05) is 28.5 Å². The van der Waals surface area contributed by atoms with Crippen LogP contribution in [0, 0.1) is 0 Å². The van der Waals surface area contributed by atoms with Crippen LogP contribution in [-0.4, -0.2) is 20.5 Å². The SMILES string of the molecule is O=C1CCCC2=C1C(c1cccc(Oc3ccccc3)c1)n1nc(SCc3ccccc3Cl)nc1N2. The number of aromatic nitrogens is 3. The highest BCUT2D eigenvalue weighted by atomic mass is 35.5. The van der Waals surface area contributed by atoms with E-state index in [1.807, 2.05) is 83.5 Å². The van der Waals surface area contributed by atoms with E-state index >= 15 is 0 Å². The van der Waals surface area contributed by atoms with Crippen LogP contribution in [0.5, 0.6) is 11.5 Å². The summed E-state index contributed by atoms with van der Waals surface area (Å²) in [6.45, 7) is 0. The zero-order valence-corrected chi connectivity index (χ0v) is 20.9. The summed E-state index contributed by atoms with van der Waals surface area (Å²) < 4.78 is 7.92. The smallest absolute Gasteiger partial charge is 0.227 e. The molecule has 6 rings (SSSR count). The van der Waals surface area contributed by atoms with Crippen molar-refractivity contribution < 1.29 is 9.53 Å². The molecule has 1 unspecified atom stereocenters. The summed E-state index contributed by atoms with van der Waals surface area (Å²) in [5.41, 5.74) is 3.66. The molecule has 1 aliphatic heterocycles. The molecule has 2 aliphatic rings. The number of ketones is 1. The molecule has 36 heavy (non-hydrogen) atoms. The first-order valence-electron chi connectivity index (χ1n) is 11.8. The summed E-state index contributed by atoms with van der Waals surface area (Å²) in [4.78, 5) is 17.9. The van der Waals surface area contributed by atoms with E-state index in [0.717, 1.165) is 46.0 Å². The molecule has 3 aromatic carbocycles. The van der Waals surface area contributed by atoms with Crippen LogP contribution in [0.15, 0.2) is 95.3 Å². The number of rotatable bonds is 6. The lowest BCUT2D eigenvalue weighted by atomic mass is 9.85. The minimum absolute atomic E-state index is 0.148. The topological polar surface area (TPSA) is 69.0 Å². The number of ether oxygens (including phenoxy) is 1. The van der Waals surface area contributed by atoms with Crippen molar-refractivity contribution in [3.63, 3.8) is 0 Å². The lowest BCUT2D eigenvalue weighted by molar-refractivity contribution is -0.116. The first-order chi connectivity index (χ1) is 17.7. The summed E-state index contributed by atoms with van der Waals surface area (Å²) in [5.74, 6) is 2.91. The molecular formula is C28H23ClN4O2S. The molecule has 4 aromatic rings. The average Bonchev–Trinajstić information content (AvgIpc) is 3.30. The summed E-state index contributed by atoms with van der Waals surface area (Å²) in [7, 11) is 0. The van der Waals surface area contributed by atoms with Gasteiger partial charge in [0.1, 0.15) is 17.5 Å². The summed E-state index contributed by atoms with van der Waals surface area (Å²) in [6.07, 6.45) is 2.18. The number of benzene rings is 3. The predicted octanol–water partition coefficient (Wildman–Crippen LogP) is 7.04. The number of carbonyl (C=O) groups excluding carboxylic acids is 1. The first-order valence-corrected chi connectivity index (χ1v) is 13.2. The summed E-state index contributed by atoms with van der Waals surface area (Å²) >= 11 is 7.86. The fourth-order valence-corrected chi connectivity index (χ4v) is 5.75. The Morgan fingerprint density at radius 1 is 1.00 bits per heavy atom. The van der Waals surface area contributed by atoms with Crippen LogP contribution >= 0.6 is 23.4 Å². The molecule has 0 amide bonds. The normalized spacial score (nSPS) is 16.8. The first kappa shape index (κ1) is 22.9. The van der Waals surface area contributed by atoms with Gasteiger partial charge in [-0.25, -0.2) is 4.68 Å². The van der Waals surface area contributed by atoms with Gasteiger partial charge in [0.25, 0.3) is 0 Å². The Morgan fingerprint density at radius 2 is 1.81 bits per heavy atom. The molecule has 6 nitrogen and oxygen atoms in total. The Labute approximate surface area is 218 Å². The molecule has 0 fully saturated rings. The second-order valence-electron chi connectivity index (χ2n) is 8.73. The van der Waals surface area contributed by atoms with Gasteiger partial charge < -0.3 is 10.1 Å². The molecule has 1 aliphatic carbocycles. The summed E-state index contributed by atoms with van der Waals surface area (Å²) in [6, 6.07) is 24.9. The van der Waals surface area contributed by atoms with Crippen molar-refractivity contribution in [3.8, 4) is 11.5 Å². The molecular weight excluding hydrogens is 492 g/mol. The van der Waals surface area contributed by atoms with E-state index in [-0.39, 0.29) is 11.8 Å². The van der Waals surface area contributed by atoms with Gasteiger partial charge in [-0.15, -0.1) is 5.10 Å². The molecule has 1 aromatic heterocycles. The number of carbonyl (C=O) groups is 1. The van der Waals surface area contributed by atoms with Crippen molar-refractivity contribution in [3.05, 3.63) is 106 Å². The number of para-hydroxylation sites is 1. The van der Waals surface area contributed by atoms with Crippen molar-refractivity contribution in [2.24, 2.45) is 0 Å². The second-order valence-corrected chi connectivity index (χ2v) is 10.1. The van der Waals surface area contributed by atoms with Gasteiger partial charge in [-0.05, 0) is 54.3 Å². The standard InChI is InChI=1S/C28H23ClN4O2S/c29-22-13-5-4-8-19(22)17-36-28-31-27-30-23-14-7-15-24(34)25(23)26(33(27)32-28)18-9-6-12-21(16-18)35-20-10-2-1-3-11-20/h1-6,8-13,16,26H,7,14-15,17H2,(H,30,31,32). The summed E-state index contributed by atoms with van der Waals surface area (Å²) in [5, 5.41) is 9.58. The van der Waals surface area contributed by atoms with E-state index in [0.29, 0.717) is 29.0 Å². The second kappa shape index (κ2) is 9.84. The maximum atomic E-state index is 13.1. The highest BCUT2D eigenvalue weighted by Gasteiger charge is 2.37. The van der Waals surface area contributed by atoms with Crippen LogP contribution in [0.1, 0.15) is 36.4 Å². The van der Waals surface area contributed by atoms with E-state index < -0.39 is 0 Å². The van der Waals surface area contributed by atoms with E-state index in [9.17, 15) is 4.79 Å². The Bertz CT molecular complexity index is 1470. The molecule has 8 heteroatoms. The van der Waals surface area contributed by atoms with Gasteiger partial charge in [0.05, 0.1) is 0 Å². The third kappa shape index (κ3) is 4.52.